The summed E-state index contributed by atoms with van der Waals surface area (Å²) in [6.07, 6.45) is 0.731. The Bertz CT molecular complexity index is 766. The maximum Gasteiger partial charge on any atom is 0.193 e. The summed E-state index contributed by atoms with van der Waals surface area (Å²) in [5.74, 6) is 2.46. The predicted molar refractivity (Wildman–Crippen MR) is 119 cm³/mol. The van der Waals surface area contributed by atoms with E-state index < -0.39 is 14.6 Å². The molecule has 0 radical (unpaired) electrons. The maximum atomic E-state index is 12.2. The zero-order chi connectivity index (χ0) is 19.4. The molecular weight excluding hydrogens is 481 g/mol. The number of aliphatic imine (C=N–C) groups is 1. The quantitative estimate of drug-likeness (QED) is 0.370. The van der Waals surface area contributed by atoms with E-state index in [0.29, 0.717) is 19.6 Å². The summed E-state index contributed by atoms with van der Waals surface area (Å²) >= 11 is 0. The first-order valence-corrected chi connectivity index (χ1v) is 10.3. The van der Waals surface area contributed by atoms with Crippen LogP contribution >= 0.6 is 24.0 Å². The predicted octanol–water partition coefficient (Wildman–Crippen LogP) is 1.95. The standard InChI is InChI=1S/C18H29N3O4S.HI/c1-18(2)13-21(10-11-26(18,22)23)17(19-3)20-9-8-14-12-15(24-4)6-7-16(14)25-5;/h6-7,12H,8-11,13H2,1-5H3,(H,19,20);1H. The van der Waals surface area contributed by atoms with E-state index >= 15 is 0 Å². The zero-order valence-electron chi connectivity index (χ0n) is 16.6. The Hall–Kier alpha value is -1.23. The Kier molecular flexibility index (Phi) is 8.65. The third-order valence-electron chi connectivity index (χ3n) is 4.72. The largest absolute Gasteiger partial charge is 0.497 e. The smallest absolute Gasteiger partial charge is 0.193 e. The van der Waals surface area contributed by atoms with Crippen molar-refractivity contribution in [3.63, 3.8) is 0 Å². The molecule has 0 aromatic heterocycles. The third kappa shape index (κ3) is 5.63. The van der Waals surface area contributed by atoms with Gasteiger partial charge in [-0.2, -0.15) is 0 Å². The molecule has 0 bridgehead atoms. The molecule has 1 aliphatic heterocycles. The summed E-state index contributed by atoms with van der Waals surface area (Å²) in [5.41, 5.74) is 1.04. The third-order valence-corrected chi connectivity index (χ3v) is 7.25. The van der Waals surface area contributed by atoms with Crippen molar-refractivity contribution in [2.75, 3.05) is 46.7 Å². The number of benzene rings is 1. The average molecular weight is 511 g/mol. The molecule has 1 aromatic rings. The summed E-state index contributed by atoms with van der Waals surface area (Å²) in [7, 11) is 1.93. The van der Waals surface area contributed by atoms with Crippen LogP contribution in [-0.4, -0.2) is 70.7 Å². The molecule has 0 spiro atoms. The van der Waals surface area contributed by atoms with Gasteiger partial charge in [-0.25, -0.2) is 8.42 Å². The highest BCUT2D eigenvalue weighted by Gasteiger charge is 2.40. The van der Waals surface area contributed by atoms with Gasteiger partial charge in [-0.15, -0.1) is 24.0 Å². The second-order valence-corrected chi connectivity index (χ2v) is 9.64. The van der Waals surface area contributed by atoms with Gasteiger partial charge in [0.25, 0.3) is 0 Å². The van der Waals surface area contributed by atoms with Crippen LogP contribution in [0.25, 0.3) is 0 Å². The highest BCUT2D eigenvalue weighted by Crippen LogP contribution is 2.25. The highest BCUT2D eigenvalue weighted by molar-refractivity contribution is 14.0. The van der Waals surface area contributed by atoms with Crippen molar-refractivity contribution in [1.29, 1.82) is 0 Å². The molecule has 2 rings (SSSR count). The molecule has 9 heteroatoms. The number of nitrogens with one attached hydrogen (secondary N) is 1. The molecule has 7 nitrogen and oxygen atoms in total. The van der Waals surface area contributed by atoms with Crippen LogP contribution in [0.1, 0.15) is 19.4 Å². The first-order chi connectivity index (χ1) is 12.2. The van der Waals surface area contributed by atoms with Gasteiger partial charge in [-0.3, -0.25) is 4.99 Å². The number of ether oxygens (including phenoxy) is 2. The summed E-state index contributed by atoms with van der Waals surface area (Å²) in [6, 6.07) is 5.71. The Morgan fingerprint density at radius 1 is 1.30 bits per heavy atom. The molecule has 0 saturated carbocycles. The van der Waals surface area contributed by atoms with Crippen molar-refractivity contribution in [3.05, 3.63) is 23.8 Å². The minimum Gasteiger partial charge on any atom is -0.497 e. The fraction of sp³-hybridized carbons (Fsp3) is 0.611. The van der Waals surface area contributed by atoms with E-state index in [1.54, 1.807) is 35.1 Å². The summed E-state index contributed by atoms with van der Waals surface area (Å²) in [5, 5.41) is 3.33. The summed E-state index contributed by atoms with van der Waals surface area (Å²) < 4.78 is 34.3. The summed E-state index contributed by atoms with van der Waals surface area (Å²) in [4.78, 5) is 6.32. The van der Waals surface area contributed by atoms with Gasteiger partial charge in [0, 0.05) is 26.7 Å². The van der Waals surface area contributed by atoms with Crippen LogP contribution in [0.3, 0.4) is 0 Å². The van der Waals surface area contributed by atoms with Crippen LogP contribution in [0, 0.1) is 0 Å². The molecule has 154 valence electrons. The van der Waals surface area contributed by atoms with Gasteiger partial charge in [-0.1, -0.05) is 0 Å². The zero-order valence-corrected chi connectivity index (χ0v) is 19.8. The van der Waals surface area contributed by atoms with E-state index in [-0.39, 0.29) is 29.7 Å². The molecular formula is C18H30IN3O4S. The molecule has 0 atom stereocenters. The number of halogens is 1. The Balaban J connectivity index is 0.00000364. The monoisotopic (exact) mass is 511 g/mol. The molecule has 1 aliphatic rings. The lowest BCUT2D eigenvalue weighted by Crippen LogP contribution is -2.57. The van der Waals surface area contributed by atoms with E-state index in [9.17, 15) is 8.42 Å². The van der Waals surface area contributed by atoms with Crippen LogP contribution in [0.5, 0.6) is 11.5 Å². The first-order valence-electron chi connectivity index (χ1n) is 8.63. The number of hydrogen-bond acceptors (Lipinski definition) is 5. The lowest BCUT2D eigenvalue weighted by Gasteiger charge is -2.39. The van der Waals surface area contributed by atoms with Crippen molar-refractivity contribution in [2.45, 2.75) is 25.0 Å². The van der Waals surface area contributed by atoms with Gasteiger partial charge >= 0.3 is 0 Å². The molecule has 1 fully saturated rings. The van der Waals surface area contributed by atoms with E-state index in [4.69, 9.17) is 9.47 Å². The SMILES string of the molecule is CN=C(NCCc1cc(OC)ccc1OC)N1CCS(=O)(=O)C(C)(C)C1.I. The van der Waals surface area contributed by atoms with E-state index in [1.165, 1.54) is 0 Å². The molecule has 1 heterocycles. The minimum atomic E-state index is -3.07. The normalized spacial score (nSPS) is 18.4. The Morgan fingerprint density at radius 2 is 2.00 bits per heavy atom. The number of methoxy groups -OCH3 is 2. The van der Waals surface area contributed by atoms with Gasteiger partial charge in [-0.05, 0) is 44.0 Å². The molecule has 27 heavy (non-hydrogen) atoms. The molecule has 1 N–H and O–H groups in total. The van der Waals surface area contributed by atoms with Crippen LogP contribution in [0.4, 0.5) is 0 Å². The molecule has 0 aliphatic carbocycles. The number of nitrogens with zero attached hydrogens (tertiary/aromatic N) is 2. The average Bonchev–Trinajstić information content (AvgIpc) is 2.61. The first kappa shape index (κ1) is 23.8. The van der Waals surface area contributed by atoms with Crippen molar-refractivity contribution in [3.8, 4) is 11.5 Å². The second kappa shape index (κ2) is 9.81. The number of hydrogen-bond donors (Lipinski definition) is 1. The van der Waals surface area contributed by atoms with Gasteiger partial charge in [0.2, 0.25) is 0 Å². The van der Waals surface area contributed by atoms with E-state index in [2.05, 4.69) is 10.3 Å². The van der Waals surface area contributed by atoms with Crippen molar-refractivity contribution in [1.82, 2.24) is 10.2 Å². The summed E-state index contributed by atoms with van der Waals surface area (Å²) in [6.45, 7) is 5.07. The fourth-order valence-corrected chi connectivity index (χ4v) is 4.41. The van der Waals surface area contributed by atoms with E-state index in [0.717, 1.165) is 29.4 Å². The number of guanidine groups is 1. The highest BCUT2D eigenvalue weighted by atomic mass is 127. The van der Waals surface area contributed by atoms with Gasteiger partial charge in [0.15, 0.2) is 15.8 Å². The van der Waals surface area contributed by atoms with Gasteiger partial charge in [0.1, 0.15) is 11.5 Å². The lowest BCUT2D eigenvalue weighted by molar-refractivity contribution is 0.353. The topological polar surface area (TPSA) is 80.2 Å². The lowest BCUT2D eigenvalue weighted by atomic mass is 10.1. The van der Waals surface area contributed by atoms with Crippen LogP contribution in [-0.2, 0) is 16.3 Å². The van der Waals surface area contributed by atoms with Crippen LogP contribution in [0.2, 0.25) is 0 Å². The number of rotatable bonds is 5. The van der Waals surface area contributed by atoms with Gasteiger partial charge < -0.3 is 19.7 Å². The molecule has 0 unspecified atom stereocenters. The molecule has 1 saturated heterocycles. The second-order valence-electron chi connectivity index (χ2n) is 6.90. The van der Waals surface area contributed by atoms with Crippen LogP contribution < -0.4 is 14.8 Å². The van der Waals surface area contributed by atoms with Crippen molar-refractivity contribution < 1.29 is 17.9 Å². The molecule has 0 amide bonds. The fourth-order valence-electron chi connectivity index (χ4n) is 3.04. The van der Waals surface area contributed by atoms with Gasteiger partial charge in [0.05, 0.1) is 24.7 Å². The maximum absolute atomic E-state index is 12.2. The van der Waals surface area contributed by atoms with Crippen molar-refractivity contribution >= 4 is 39.8 Å². The van der Waals surface area contributed by atoms with E-state index in [1.807, 2.05) is 23.1 Å². The van der Waals surface area contributed by atoms with Crippen LogP contribution in [0.15, 0.2) is 23.2 Å². The molecule has 1 aromatic carbocycles. The Labute approximate surface area is 179 Å². The van der Waals surface area contributed by atoms with Crippen molar-refractivity contribution in [2.24, 2.45) is 4.99 Å². The minimum absolute atomic E-state index is 0. The number of sulfone groups is 1. The Morgan fingerprint density at radius 3 is 2.56 bits per heavy atom.